The molecule has 98 valence electrons. The normalized spacial score (nSPS) is 9.89. The maximum Gasteiger partial charge on any atom is 0.254 e. The summed E-state index contributed by atoms with van der Waals surface area (Å²) in [6.07, 6.45) is 0. The topological polar surface area (TPSA) is 92.9 Å². The van der Waals surface area contributed by atoms with E-state index in [-0.39, 0.29) is 29.5 Å². The molecule has 0 aliphatic rings. The Balaban J connectivity index is 2.95. The van der Waals surface area contributed by atoms with E-state index < -0.39 is 5.91 Å². The van der Waals surface area contributed by atoms with Crippen molar-refractivity contribution in [1.29, 1.82) is 0 Å². The molecule has 0 bridgehead atoms. The van der Waals surface area contributed by atoms with E-state index in [1.165, 1.54) is 30.2 Å². The first kappa shape index (κ1) is 13.8. The Labute approximate surface area is 105 Å². The zero-order valence-electron chi connectivity index (χ0n) is 10.3. The van der Waals surface area contributed by atoms with Crippen LogP contribution in [-0.2, 0) is 4.79 Å². The van der Waals surface area contributed by atoms with Crippen molar-refractivity contribution in [3.63, 3.8) is 0 Å². The first-order chi connectivity index (χ1) is 8.49. The SMILES string of the molecule is CCN(CC(N)=O)C(=O)c1ccc(OC)c(O)c1. The van der Waals surface area contributed by atoms with Crippen LogP contribution >= 0.6 is 0 Å². The molecule has 3 N–H and O–H groups in total. The molecule has 0 fully saturated rings. The van der Waals surface area contributed by atoms with Gasteiger partial charge in [-0.2, -0.15) is 0 Å². The summed E-state index contributed by atoms with van der Waals surface area (Å²) in [5.74, 6) is -0.792. The number of ether oxygens (including phenoxy) is 1. The third-order valence-electron chi connectivity index (χ3n) is 2.44. The van der Waals surface area contributed by atoms with E-state index in [2.05, 4.69) is 0 Å². The third-order valence-corrected chi connectivity index (χ3v) is 2.44. The van der Waals surface area contributed by atoms with E-state index in [9.17, 15) is 14.7 Å². The van der Waals surface area contributed by atoms with E-state index in [1.54, 1.807) is 6.92 Å². The number of carbonyl (C=O) groups excluding carboxylic acids is 2. The summed E-state index contributed by atoms with van der Waals surface area (Å²) in [5, 5.41) is 9.59. The number of hydrogen-bond acceptors (Lipinski definition) is 4. The maximum absolute atomic E-state index is 12.0. The number of primary amides is 1. The zero-order valence-corrected chi connectivity index (χ0v) is 10.3. The standard InChI is InChI=1S/C12H16N2O4/c1-3-14(7-11(13)16)12(17)8-4-5-10(18-2)9(15)6-8/h4-6,15H,3,7H2,1-2H3,(H2,13,16). The number of phenolic OH excluding ortho intramolecular Hbond substituents is 1. The quantitative estimate of drug-likeness (QED) is 0.790. The number of amides is 2. The molecule has 1 rings (SSSR count). The number of aromatic hydroxyl groups is 1. The van der Waals surface area contributed by atoms with E-state index in [4.69, 9.17) is 10.5 Å². The van der Waals surface area contributed by atoms with Crippen LogP contribution in [0.25, 0.3) is 0 Å². The summed E-state index contributed by atoms with van der Waals surface area (Å²) in [6, 6.07) is 4.30. The fourth-order valence-electron chi connectivity index (χ4n) is 1.52. The number of hydrogen-bond donors (Lipinski definition) is 2. The molecule has 0 atom stereocenters. The average molecular weight is 252 g/mol. The monoisotopic (exact) mass is 252 g/mol. The van der Waals surface area contributed by atoms with Gasteiger partial charge in [-0.3, -0.25) is 9.59 Å². The van der Waals surface area contributed by atoms with Crippen molar-refractivity contribution in [2.24, 2.45) is 5.73 Å². The molecule has 0 aliphatic carbocycles. The predicted octanol–water partition coefficient (Wildman–Crippen LogP) is 0.348. The van der Waals surface area contributed by atoms with Gasteiger partial charge in [0.05, 0.1) is 13.7 Å². The van der Waals surface area contributed by atoms with Crippen LogP contribution in [0.3, 0.4) is 0 Å². The van der Waals surface area contributed by atoms with Gasteiger partial charge < -0.3 is 20.5 Å². The van der Waals surface area contributed by atoms with Gasteiger partial charge in [0.2, 0.25) is 5.91 Å². The van der Waals surface area contributed by atoms with Crippen molar-refractivity contribution in [2.45, 2.75) is 6.92 Å². The summed E-state index contributed by atoms with van der Waals surface area (Å²) in [5.41, 5.74) is 5.33. The van der Waals surface area contributed by atoms with Gasteiger partial charge in [0.15, 0.2) is 11.5 Å². The second-order valence-corrected chi connectivity index (χ2v) is 3.67. The second kappa shape index (κ2) is 5.90. The van der Waals surface area contributed by atoms with Gasteiger partial charge in [0, 0.05) is 12.1 Å². The maximum atomic E-state index is 12.0. The molecular weight excluding hydrogens is 236 g/mol. The van der Waals surface area contributed by atoms with Gasteiger partial charge in [-0.25, -0.2) is 0 Å². The Morgan fingerprint density at radius 3 is 2.56 bits per heavy atom. The summed E-state index contributed by atoms with van der Waals surface area (Å²) in [4.78, 5) is 24.2. The van der Waals surface area contributed by atoms with E-state index >= 15 is 0 Å². The van der Waals surface area contributed by atoms with E-state index in [0.29, 0.717) is 6.54 Å². The van der Waals surface area contributed by atoms with Crippen LogP contribution in [0, 0.1) is 0 Å². The summed E-state index contributed by atoms with van der Waals surface area (Å²) in [6.45, 7) is 1.95. The Hall–Kier alpha value is -2.24. The highest BCUT2D eigenvalue weighted by Gasteiger charge is 2.17. The second-order valence-electron chi connectivity index (χ2n) is 3.67. The highest BCUT2D eigenvalue weighted by atomic mass is 16.5. The molecule has 0 aliphatic heterocycles. The number of phenols is 1. The molecule has 1 aromatic rings. The molecule has 0 saturated carbocycles. The van der Waals surface area contributed by atoms with Crippen LogP contribution < -0.4 is 10.5 Å². The number of nitrogens with two attached hydrogens (primary N) is 1. The summed E-state index contributed by atoms with van der Waals surface area (Å²) in [7, 11) is 1.42. The lowest BCUT2D eigenvalue weighted by atomic mass is 10.1. The highest BCUT2D eigenvalue weighted by Crippen LogP contribution is 2.26. The predicted molar refractivity (Wildman–Crippen MR) is 65.4 cm³/mol. The number of benzene rings is 1. The lowest BCUT2D eigenvalue weighted by molar-refractivity contribution is -0.118. The van der Waals surface area contributed by atoms with Crippen molar-refractivity contribution < 1.29 is 19.4 Å². The van der Waals surface area contributed by atoms with E-state index in [0.717, 1.165) is 0 Å². The van der Waals surface area contributed by atoms with Gasteiger partial charge in [-0.1, -0.05) is 0 Å². The number of rotatable bonds is 5. The highest BCUT2D eigenvalue weighted by molar-refractivity contribution is 5.96. The Kier molecular flexibility index (Phi) is 4.53. The molecule has 0 unspecified atom stereocenters. The Morgan fingerprint density at radius 1 is 1.44 bits per heavy atom. The molecule has 6 nitrogen and oxygen atoms in total. The zero-order chi connectivity index (χ0) is 13.7. The van der Waals surface area contributed by atoms with Gasteiger partial charge in [0.25, 0.3) is 5.91 Å². The van der Waals surface area contributed by atoms with Crippen LogP contribution in [-0.4, -0.2) is 42.0 Å². The number of nitrogens with zero attached hydrogens (tertiary/aromatic N) is 1. The molecule has 0 aromatic heterocycles. The lowest BCUT2D eigenvalue weighted by Gasteiger charge is -2.19. The van der Waals surface area contributed by atoms with Crippen LogP contribution in [0.5, 0.6) is 11.5 Å². The van der Waals surface area contributed by atoms with Crippen LogP contribution in [0.2, 0.25) is 0 Å². The first-order valence-corrected chi connectivity index (χ1v) is 5.44. The molecule has 0 spiro atoms. The van der Waals surface area contributed by atoms with Crippen molar-refractivity contribution in [1.82, 2.24) is 4.90 Å². The minimum Gasteiger partial charge on any atom is -0.504 e. The molecule has 18 heavy (non-hydrogen) atoms. The molecule has 0 saturated heterocycles. The van der Waals surface area contributed by atoms with E-state index in [1.807, 2.05) is 0 Å². The third kappa shape index (κ3) is 3.13. The van der Waals surface area contributed by atoms with Crippen LogP contribution in [0.4, 0.5) is 0 Å². The minimum atomic E-state index is -0.581. The first-order valence-electron chi connectivity index (χ1n) is 5.44. The molecule has 1 aromatic carbocycles. The van der Waals surface area contributed by atoms with Gasteiger partial charge in [-0.15, -0.1) is 0 Å². The fraction of sp³-hybridized carbons (Fsp3) is 0.333. The average Bonchev–Trinajstić information content (AvgIpc) is 2.34. The molecule has 0 radical (unpaired) electrons. The lowest BCUT2D eigenvalue weighted by Crippen LogP contribution is -2.38. The van der Waals surface area contributed by atoms with Crippen molar-refractivity contribution in [3.05, 3.63) is 23.8 Å². The molecular formula is C12H16N2O4. The summed E-state index contributed by atoms with van der Waals surface area (Å²) < 4.78 is 4.88. The smallest absolute Gasteiger partial charge is 0.254 e. The summed E-state index contributed by atoms with van der Waals surface area (Å²) >= 11 is 0. The van der Waals surface area contributed by atoms with Crippen molar-refractivity contribution in [3.8, 4) is 11.5 Å². The Morgan fingerprint density at radius 2 is 2.11 bits per heavy atom. The van der Waals surface area contributed by atoms with Crippen LogP contribution in [0.1, 0.15) is 17.3 Å². The van der Waals surface area contributed by atoms with Gasteiger partial charge in [-0.05, 0) is 25.1 Å². The fourth-order valence-corrected chi connectivity index (χ4v) is 1.52. The van der Waals surface area contributed by atoms with Gasteiger partial charge >= 0.3 is 0 Å². The van der Waals surface area contributed by atoms with Gasteiger partial charge in [0.1, 0.15) is 0 Å². The van der Waals surface area contributed by atoms with Crippen LogP contribution in [0.15, 0.2) is 18.2 Å². The van der Waals surface area contributed by atoms with Crippen molar-refractivity contribution in [2.75, 3.05) is 20.2 Å². The number of likely N-dealkylation sites (N-methyl/N-ethyl adjacent to an activating group) is 1. The number of carbonyl (C=O) groups is 2. The molecule has 6 heteroatoms. The molecule has 0 heterocycles. The van der Waals surface area contributed by atoms with Crippen molar-refractivity contribution >= 4 is 11.8 Å². The largest absolute Gasteiger partial charge is 0.504 e. The molecule has 2 amide bonds. The Bertz CT molecular complexity index is 459. The number of methoxy groups -OCH3 is 1. The minimum absolute atomic E-state index is 0.126.